The van der Waals surface area contributed by atoms with Gasteiger partial charge in [-0.3, -0.25) is 9.59 Å². The van der Waals surface area contributed by atoms with Gasteiger partial charge in [-0.15, -0.1) is 0 Å². The molecule has 10 heteroatoms. The predicted molar refractivity (Wildman–Crippen MR) is 148 cm³/mol. The van der Waals surface area contributed by atoms with Gasteiger partial charge in [0.25, 0.3) is 11.8 Å². The van der Waals surface area contributed by atoms with Crippen molar-refractivity contribution in [1.29, 1.82) is 0 Å². The third-order valence-corrected chi connectivity index (χ3v) is 6.42. The second kappa shape index (κ2) is 13.1. The molecule has 0 aliphatic rings. The first-order valence-corrected chi connectivity index (χ1v) is 12.8. The molecule has 0 saturated carbocycles. The van der Waals surface area contributed by atoms with Crippen LogP contribution in [0, 0.1) is 5.92 Å². The summed E-state index contributed by atoms with van der Waals surface area (Å²) >= 11 is 21.5. The van der Waals surface area contributed by atoms with E-state index in [9.17, 15) is 9.59 Å². The molecule has 0 bridgehead atoms. The standard InChI is InChI=1S/C26H23BrCl3N3O3/c1-15(2)24(32-25(34)16-3-7-20(28)8-4-16)26(35)33-31-13-18-11-19(27)6-10-23(18)36-14-17-5-9-21(29)12-22(17)30/h3-13,15,24H,14H2,1-2H3,(H,32,34)(H,33,35). The van der Waals surface area contributed by atoms with Gasteiger partial charge in [-0.05, 0) is 60.5 Å². The molecule has 6 nitrogen and oxygen atoms in total. The van der Waals surface area contributed by atoms with Crippen LogP contribution in [0.15, 0.2) is 70.2 Å². The molecular formula is C26H23BrCl3N3O3. The van der Waals surface area contributed by atoms with E-state index in [0.29, 0.717) is 31.9 Å². The Balaban J connectivity index is 1.67. The van der Waals surface area contributed by atoms with E-state index in [1.54, 1.807) is 54.6 Å². The summed E-state index contributed by atoms with van der Waals surface area (Å²) in [7, 11) is 0. The van der Waals surface area contributed by atoms with Gasteiger partial charge >= 0.3 is 0 Å². The summed E-state index contributed by atoms with van der Waals surface area (Å²) < 4.78 is 6.74. The van der Waals surface area contributed by atoms with Crippen LogP contribution in [-0.2, 0) is 11.4 Å². The number of hydrogen-bond acceptors (Lipinski definition) is 4. The molecule has 3 aromatic rings. The minimum atomic E-state index is -0.796. The number of carbonyl (C=O) groups excluding carboxylic acids is 2. The van der Waals surface area contributed by atoms with E-state index in [1.165, 1.54) is 6.21 Å². The van der Waals surface area contributed by atoms with Crippen LogP contribution in [0.3, 0.4) is 0 Å². The molecule has 36 heavy (non-hydrogen) atoms. The number of amides is 2. The molecule has 0 aromatic heterocycles. The van der Waals surface area contributed by atoms with Crippen molar-refractivity contribution in [3.8, 4) is 5.75 Å². The van der Waals surface area contributed by atoms with Crippen LogP contribution in [0.2, 0.25) is 15.1 Å². The van der Waals surface area contributed by atoms with E-state index in [4.69, 9.17) is 39.5 Å². The van der Waals surface area contributed by atoms with Gasteiger partial charge in [-0.1, -0.05) is 70.6 Å². The Labute approximate surface area is 233 Å². The number of nitrogens with one attached hydrogen (secondary N) is 2. The molecule has 188 valence electrons. The Morgan fingerprint density at radius 1 is 1.00 bits per heavy atom. The smallest absolute Gasteiger partial charge is 0.262 e. The van der Waals surface area contributed by atoms with E-state index < -0.39 is 11.9 Å². The molecule has 0 aliphatic carbocycles. The molecule has 0 fully saturated rings. The zero-order valence-corrected chi connectivity index (χ0v) is 23.3. The van der Waals surface area contributed by atoms with Crippen molar-refractivity contribution >= 4 is 68.8 Å². The molecule has 3 rings (SSSR count). The molecule has 3 aromatic carbocycles. The third-order valence-electron chi connectivity index (χ3n) is 5.09. The van der Waals surface area contributed by atoms with Crippen LogP contribution in [0.1, 0.15) is 35.3 Å². The second-order valence-corrected chi connectivity index (χ2v) is 10.3. The summed E-state index contributed by atoms with van der Waals surface area (Å²) in [6, 6.07) is 16.2. The maximum absolute atomic E-state index is 12.8. The van der Waals surface area contributed by atoms with Gasteiger partial charge in [-0.25, -0.2) is 5.43 Å². The Morgan fingerprint density at radius 3 is 2.36 bits per heavy atom. The quantitative estimate of drug-likeness (QED) is 0.204. The lowest BCUT2D eigenvalue weighted by Gasteiger charge is -2.20. The maximum atomic E-state index is 12.8. The van der Waals surface area contributed by atoms with Crippen LogP contribution in [-0.4, -0.2) is 24.1 Å². The highest BCUT2D eigenvalue weighted by molar-refractivity contribution is 9.10. The molecule has 1 atom stereocenters. The SMILES string of the molecule is CC(C)C(NC(=O)c1ccc(Cl)cc1)C(=O)NN=Cc1cc(Br)ccc1OCc1ccc(Cl)cc1Cl. The first-order valence-electron chi connectivity index (χ1n) is 10.9. The lowest BCUT2D eigenvalue weighted by atomic mass is 10.0. The molecule has 0 spiro atoms. The number of nitrogens with zero attached hydrogens (tertiary/aromatic N) is 1. The van der Waals surface area contributed by atoms with Crippen LogP contribution >= 0.6 is 50.7 Å². The van der Waals surface area contributed by atoms with Gasteiger partial charge < -0.3 is 10.1 Å². The summed E-state index contributed by atoms with van der Waals surface area (Å²) in [5.74, 6) is -0.467. The number of carbonyl (C=O) groups is 2. The molecular weight excluding hydrogens is 589 g/mol. The zero-order chi connectivity index (χ0) is 26.2. The number of ether oxygens (including phenoxy) is 1. The highest BCUT2D eigenvalue weighted by Crippen LogP contribution is 2.26. The van der Waals surface area contributed by atoms with Crippen molar-refractivity contribution in [1.82, 2.24) is 10.7 Å². The van der Waals surface area contributed by atoms with Gasteiger partial charge in [0.1, 0.15) is 18.4 Å². The fourth-order valence-electron chi connectivity index (χ4n) is 3.14. The normalized spacial score (nSPS) is 12.0. The average molecular weight is 612 g/mol. The van der Waals surface area contributed by atoms with Crippen molar-refractivity contribution in [2.45, 2.75) is 26.5 Å². The number of rotatable bonds is 9. The van der Waals surface area contributed by atoms with Crippen molar-refractivity contribution in [3.63, 3.8) is 0 Å². The van der Waals surface area contributed by atoms with Crippen molar-refractivity contribution in [2.75, 3.05) is 0 Å². The van der Waals surface area contributed by atoms with Crippen LogP contribution in [0.4, 0.5) is 0 Å². The summed E-state index contributed by atoms with van der Waals surface area (Å²) in [6.45, 7) is 3.88. The average Bonchev–Trinajstić information content (AvgIpc) is 2.83. The Hall–Kier alpha value is -2.58. The molecule has 1 unspecified atom stereocenters. The van der Waals surface area contributed by atoms with E-state index in [0.717, 1.165) is 10.0 Å². The first kappa shape index (κ1) is 28.0. The van der Waals surface area contributed by atoms with E-state index in [2.05, 4.69) is 31.8 Å². The fourth-order valence-corrected chi connectivity index (χ4v) is 4.11. The number of hydrazone groups is 1. The largest absolute Gasteiger partial charge is 0.488 e. The van der Waals surface area contributed by atoms with Gasteiger partial charge in [0.15, 0.2) is 0 Å². The third kappa shape index (κ3) is 7.96. The van der Waals surface area contributed by atoms with Crippen molar-refractivity contribution in [3.05, 3.63) is 96.9 Å². The maximum Gasteiger partial charge on any atom is 0.262 e. The highest BCUT2D eigenvalue weighted by atomic mass is 79.9. The molecule has 2 N–H and O–H groups in total. The van der Waals surface area contributed by atoms with Crippen molar-refractivity contribution in [2.24, 2.45) is 11.0 Å². The van der Waals surface area contributed by atoms with E-state index in [1.807, 2.05) is 19.9 Å². The Kier molecular flexibility index (Phi) is 10.2. The summed E-state index contributed by atoms with van der Waals surface area (Å²) in [6.07, 6.45) is 1.47. The molecule has 0 saturated heterocycles. The van der Waals surface area contributed by atoms with Gasteiger partial charge in [0.2, 0.25) is 0 Å². The molecule has 0 heterocycles. The van der Waals surface area contributed by atoms with Crippen LogP contribution in [0.25, 0.3) is 0 Å². The topological polar surface area (TPSA) is 79.8 Å². The highest BCUT2D eigenvalue weighted by Gasteiger charge is 2.24. The monoisotopic (exact) mass is 609 g/mol. The van der Waals surface area contributed by atoms with Crippen molar-refractivity contribution < 1.29 is 14.3 Å². The Morgan fingerprint density at radius 2 is 1.69 bits per heavy atom. The number of hydrogen-bond donors (Lipinski definition) is 2. The first-order chi connectivity index (χ1) is 17.1. The van der Waals surface area contributed by atoms with Gasteiger partial charge in [0, 0.05) is 36.2 Å². The van der Waals surface area contributed by atoms with Gasteiger partial charge in [0.05, 0.1) is 6.21 Å². The van der Waals surface area contributed by atoms with Gasteiger partial charge in [-0.2, -0.15) is 5.10 Å². The molecule has 0 radical (unpaired) electrons. The number of benzene rings is 3. The predicted octanol–water partition coefficient (Wildman–Crippen LogP) is 6.89. The molecule has 2 amide bonds. The lowest BCUT2D eigenvalue weighted by Crippen LogP contribution is -2.48. The molecule has 0 aliphatic heterocycles. The van der Waals surface area contributed by atoms with E-state index >= 15 is 0 Å². The lowest BCUT2D eigenvalue weighted by molar-refractivity contribution is -0.123. The minimum absolute atomic E-state index is 0.176. The fraction of sp³-hybridized carbons (Fsp3) is 0.192. The second-order valence-electron chi connectivity index (χ2n) is 8.14. The Bertz CT molecular complexity index is 1270. The van der Waals surface area contributed by atoms with Crippen LogP contribution < -0.4 is 15.5 Å². The minimum Gasteiger partial charge on any atom is -0.488 e. The summed E-state index contributed by atoms with van der Waals surface area (Å²) in [4.78, 5) is 25.4. The zero-order valence-electron chi connectivity index (χ0n) is 19.4. The summed E-state index contributed by atoms with van der Waals surface area (Å²) in [5.41, 5.74) is 4.30. The van der Waals surface area contributed by atoms with Crippen LogP contribution in [0.5, 0.6) is 5.75 Å². The van der Waals surface area contributed by atoms with E-state index in [-0.39, 0.29) is 18.4 Å². The summed E-state index contributed by atoms with van der Waals surface area (Å²) in [5, 5.41) is 8.40. The number of halogens is 4.